The molecule has 0 aliphatic carbocycles. The summed E-state index contributed by atoms with van der Waals surface area (Å²) >= 11 is 0. The van der Waals surface area contributed by atoms with Crippen molar-refractivity contribution in [3.8, 4) is 0 Å². The molecule has 0 spiro atoms. The minimum atomic E-state index is 0. The molecule has 0 aliphatic rings. The number of hydrogen-bond donors (Lipinski definition) is 0. The van der Waals surface area contributed by atoms with Crippen LogP contribution >= 0.6 is 0 Å². The van der Waals surface area contributed by atoms with Gasteiger partial charge in [0.25, 0.3) is 0 Å². The molecule has 0 N–H and O–H groups in total. The Morgan fingerprint density at radius 2 is 1.00 bits per heavy atom. The number of allylic oxidation sites excluding steroid dienone is 6. The monoisotopic (exact) mass is 212 g/mol. The van der Waals surface area contributed by atoms with Crippen LogP contribution in [0.25, 0.3) is 0 Å². The van der Waals surface area contributed by atoms with Crippen molar-refractivity contribution in [2.45, 2.75) is 13.8 Å². The van der Waals surface area contributed by atoms with Gasteiger partial charge in [-0.25, -0.2) is 24.3 Å². The van der Waals surface area contributed by atoms with E-state index in [4.69, 9.17) is 13.2 Å². The summed E-state index contributed by atoms with van der Waals surface area (Å²) in [4.78, 5) is 0. The van der Waals surface area contributed by atoms with E-state index in [9.17, 15) is 0 Å². The number of hydrogen-bond acceptors (Lipinski definition) is 0. The van der Waals surface area contributed by atoms with Crippen molar-refractivity contribution in [3.63, 3.8) is 0 Å². The Kier molecular flexibility index (Phi) is 93.2. The molecule has 0 aromatic carbocycles. The third kappa shape index (κ3) is 80.9. The Morgan fingerprint density at radius 3 is 1.00 bits per heavy atom. The minimum Gasteiger partial charge on any atom is -0.358 e. The smallest absolute Gasteiger partial charge is 0.358 e. The maximum Gasteiger partial charge on any atom is 4.00 e. The van der Waals surface area contributed by atoms with Gasteiger partial charge in [-0.1, -0.05) is 13.8 Å². The van der Waals surface area contributed by atoms with E-state index < -0.39 is 0 Å². The summed E-state index contributed by atoms with van der Waals surface area (Å²) in [5.41, 5.74) is 0. The Labute approximate surface area is 100 Å². The summed E-state index contributed by atoms with van der Waals surface area (Å²) in [5.74, 6) is 0. The normalized spacial score (nSPS) is 6.92. The first-order valence-corrected chi connectivity index (χ1v) is 3.15. The zero-order valence-electron chi connectivity index (χ0n) is 9.12. The molecule has 13 heavy (non-hydrogen) atoms. The van der Waals surface area contributed by atoms with Crippen molar-refractivity contribution < 1.29 is 21.7 Å². The van der Waals surface area contributed by atoms with Crippen LogP contribution in [0, 0.1) is 28.0 Å². The zero-order chi connectivity index (χ0) is 8.24. The molecule has 0 rings (SSSR count). The van der Waals surface area contributed by atoms with Gasteiger partial charge in [-0.3, -0.25) is 13.2 Å². The van der Waals surface area contributed by atoms with E-state index >= 15 is 0 Å². The van der Waals surface area contributed by atoms with E-state index in [1.807, 2.05) is 26.0 Å². The fourth-order valence-electron chi connectivity index (χ4n) is 0.222. The maximum absolute atomic E-state index is 4.93. The zero-order valence-corrected chi connectivity index (χ0v) is 10.7. The molecule has 0 aromatic heterocycles. The second-order valence-electron chi connectivity index (χ2n) is 1.44. The summed E-state index contributed by atoms with van der Waals surface area (Å²) in [6.07, 6.45) is 10.3. The molecular weight excluding hydrogens is 192 g/mol. The first-order chi connectivity index (χ1) is 4.83. The van der Waals surface area contributed by atoms with E-state index in [-0.39, 0.29) is 36.6 Å². The molecule has 0 bridgehead atoms. The van der Waals surface area contributed by atoms with Crippen LogP contribution in [0.3, 0.4) is 0 Å². The molecule has 0 atom stereocenters. The van der Waals surface area contributed by atoms with Crippen LogP contribution in [0.5, 0.6) is 0 Å². The van der Waals surface area contributed by atoms with Crippen molar-refractivity contribution in [2.75, 3.05) is 0 Å². The Bertz CT molecular complexity index is 105. The molecule has 0 aliphatic heterocycles. The first kappa shape index (κ1) is 29.3. The summed E-state index contributed by atoms with van der Waals surface area (Å²) in [5, 5.41) is 0. The SMILES string of the molecule is [CH-]=CC=CC.[CH-]=CC=CC.[CH3-].[CH3-].[Ti+4]. The quantitative estimate of drug-likeness (QED) is 0.368. The molecule has 1 heteroatoms. The van der Waals surface area contributed by atoms with Gasteiger partial charge >= 0.3 is 21.7 Å². The second-order valence-corrected chi connectivity index (χ2v) is 1.44. The van der Waals surface area contributed by atoms with Crippen LogP contribution in [-0.2, 0) is 21.7 Å². The summed E-state index contributed by atoms with van der Waals surface area (Å²) in [6, 6.07) is 0. The third-order valence-electron chi connectivity index (χ3n) is 0.607. The van der Waals surface area contributed by atoms with Crippen LogP contribution < -0.4 is 0 Å². The molecule has 0 radical (unpaired) electrons. The second kappa shape index (κ2) is 41.3. The molecule has 0 unspecified atom stereocenters. The average Bonchev–Trinajstić information content (AvgIpc) is 1.93. The Morgan fingerprint density at radius 1 is 0.769 bits per heavy atom. The van der Waals surface area contributed by atoms with Gasteiger partial charge in [-0.15, -0.1) is 0 Å². The van der Waals surface area contributed by atoms with Crippen molar-refractivity contribution in [1.82, 2.24) is 0 Å². The summed E-state index contributed by atoms with van der Waals surface area (Å²) in [6.45, 7) is 13.7. The Balaban J connectivity index is -0.0000000267. The van der Waals surface area contributed by atoms with Crippen molar-refractivity contribution >= 4 is 0 Å². The van der Waals surface area contributed by atoms with E-state index in [0.29, 0.717) is 0 Å². The third-order valence-corrected chi connectivity index (χ3v) is 0.607. The average molecular weight is 212 g/mol. The Hall–Kier alpha value is -0.326. The van der Waals surface area contributed by atoms with Gasteiger partial charge in [0.05, 0.1) is 0 Å². The fourth-order valence-corrected chi connectivity index (χ4v) is 0.222. The van der Waals surface area contributed by atoms with Gasteiger partial charge < -0.3 is 14.9 Å². The summed E-state index contributed by atoms with van der Waals surface area (Å²) < 4.78 is 0. The van der Waals surface area contributed by atoms with Gasteiger partial charge in [0.15, 0.2) is 0 Å². The molecule has 72 valence electrons. The number of rotatable bonds is 2. The molecule has 0 nitrogen and oxygen atoms in total. The largest absolute Gasteiger partial charge is 4.00 e. The van der Waals surface area contributed by atoms with Crippen molar-refractivity contribution in [1.29, 1.82) is 0 Å². The van der Waals surface area contributed by atoms with Crippen molar-refractivity contribution in [2.24, 2.45) is 0 Å². The minimum absolute atomic E-state index is 0. The molecule has 0 amide bonds. The molecule has 0 saturated carbocycles. The standard InChI is InChI=1S/2C5H7.2CH3.Ti/c2*1-3-5-4-2;;;/h2*1,3-5H,2H3;2*1H3;/q4*-1;+4. The predicted molar refractivity (Wildman–Crippen MR) is 60.2 cm³/mol. The van der Waals surface area contributed by atoms with Gasteiger partial charge in [0.2, 0.25) is 0 Å². The van der Waals surface area contributed by atoms with E-state index in [1.54, 1.807) is 12.2 Å². The van der Waals surface area contributed by atoms with Gasteiger partial charge in [-0.2, -0.15) is 12.2 Å². The fraction of sp³-hybridized carbons (Fsp3) is 0.167. The van der Waals surface area contributed by atoms with Crippen LogP contribution in [-0.4, -0.2) is 0 Å². The molecule has 0 saturated heterocycles. The summed E-state index contributed by atoms with van der Waals surface area (Å²) in [7, 11) is 0. The topological polar surface area (TPSA) is 0 Å². The maximum atomic E-state index is 4.93. The van der Waals surface area contributed by atoms with Crippen LogP contribution in [0.4, 0.5) is 0 Å². The molecule has 0 aromatic rings. The molecular formula is C12H20Ti. The van der Waals surface area contributed by atoms with Crippen LogP contribution in [0.2, 0.25) is 0 Å². The molecule has 0 fully saturated rings. The van der Waals surface area contributed by atoms with Crippen LogP contribution in [0.15, 0.2) is 36.5 Å². The van der Waals surface area contributed by atoms with Gasteiger partial charge in [-0.05, 0) is 0 Å². The van der Waals surface area contributed by atoms with E-state index in [0.717, 1.165) is 0 Å². The van der Waals surface area contributed by atoms with Gasteiger partial charge in [0.1, 0.15) is 0 Å². The van der Waals surface area contributed by atoms with Crippen LogP contribution in [0.1, 0.15) is 13.8 Å². The van der Waals surface area contributed by atoms with Crippen molar-refractivity contribution in [3.05, 3.63) is 64.5 Å². The van der Waals surface area contributed by atoms with E-state index in [2.05, 4.69) is 0 Å². The first-order valence-electron chi connectivity index (χ1n) is 3.15. The molecule has 0 heterocycles. The predicted octanol–water partition coefficient (Wildman–Crippen LogP) is 4.00. The van der Waals surface area contributed by atoms with Gasteiger partial charge in [0, 0.05) is 0 Å². The van der Waals surface area contributed by atoms with E-state index in [1.165, 1.54) is 12.2 Å².